The summed E-state index contributed by atoms with van der Waals surface area (Å²) in [6, 6.07) is 9.42. The Bertz CT molecular complexity index is 615. The van der Waals surface area contributed by atoms with Gasteiger partial charge in [0.05, 0.1) is 18.5 Å². The van der Waals surface area contributed by atoms with E-state index in [-0.39, 0.29) is 0 Å². The molecule has 0 aliphatic carbocycles. The van der Waals surface area contributed by atoms with Crippen LogP contribution in [0.25, 0.3) is 11.4 Å². The van der Waals surface area contributed by atoms with Crippen molar-refractivity contribution >= 4 is 0 Å². The van der Waals surface area contributed by atoms with Crippen LogP contribution in [-0.2, 0) is 4.74 Å². The zero-order chi connectivity index (χ0) is 15.7. The van der Waals surface area contributed by atoms with Crippen molar-refractivity contribution in [3.8, 4) is 11.4 Å². The molecule has 3 rings (SSSR count). The molecule has 0 amide bonds. The molecule has 1 aliphatic heterocycles. The van der Waals surface area contributed by atoms with E-state index in [1.807, 2.05) is 30.3 Å². The van der Waals surface area contributed by atoms with Crippen LogP contribution in [0.1, 0.15) is 11.8 Å². The number of aliphatic hydroxyl groups excluding tert-OH is 4. The first-order valence-corrected chi connectivity index (χ1v) is 7.02. The minimum absolute atomic E-state index is 0.457. The normalized spacial score (nSPS) is 32.1. The molecule has 1 saturated heterocycles. The molecule has 2 heterocycles. The highest BCUT2D eigenvalue weighted by Gasteiger charge is 2.44. The maximum Gasteiger partial charge on any atom is 0.137 e. The van der Waals surface area contributed by atoms with Crippen LogP contribution in [0, 0.1) is 0 Å². The SMILES string of the molecule is OC[C@H]1O[C@@H](c2cnc(-c3ccccc3)[nH]2)[C@H](O)[C@@H](O)[C@@H]1O. The van der Waals surface area contributed by atoms with Crippen molar-refractivity contribution in [2.75, 3.05) is 6.61 Å². The molecule has 1 aromatic heterocycles. The summed E-state index contributed by atoms with van der Waals surface area (Å²) in [5.41, 5.74) is 1.34. The highest BCUT2D eigenvalue weighted by molar-refractivity contribution is 5.54. The number of aromatic amines is 1. The summed E-state index contributed by atoms with van der Waals surface area (Å²) in [5.74, 6) is 0.604. The Labute approximate surface area is 126 Å². The monoisotopic (exact) mass is 306 g/mol. The Morgan fingerprint density at radius 3 is 2.45 bits per heavy atom. The number of H-pyrrole nitrogens is 1. The smallest absolute Gasteiger partial charge is 0.137 e. The first-order valence-electron chi connectivity index (χ1n) is 7.02. The van der Waals surface area contributed by atoms with E-state index in [2.05, 4.69) is 9.97 Å². The topological polar surface area (TPSA) is 119 Å². The number of aromatic nitrogens is 2. The average molecular weight is 306 g/mol. The van der Waals surface area contributed by atoms with Gasteiger partial charge in [-0.3, -0.25) is 0 Å². The largest absolute Gasteiger partial charge is 0.394 e. The number of imidazole rings is 1. The molecule has 22 heavy (non-hydrogen) atoms. The van der Waals surface area contributed by atoms with Crippen molar-refractivity contribution in [1.82, 2.24) is 9.97 Å². The number of nitrogens with one attached hydrogen (secondary N) is 1. The molecule has 118 valence electrons. The van der Waals surface area contributed by atoms with Gasteiger partial charge in [-0.1, -0.05) is 30.3 Å². The van der Waals surface area contributed by atoms with Crippen LogP contribution in [0.2, 0.25) is 0 Å². The van der Waals surface area contributed by atoms with Gasteiger partial charge >= 0.3 is 0 Å². The Morgan fingerprint density at radius 2 is 1.77 bits per heavy atom. The third kappa shape index (κ3) is 2.65. The van der Waals surface area contributed by atoms with Crippen LogP contribution in [0.3, 0.4) is 0 Å². The van der Waals surface area contributed by atoms with Gasteiger partial charge in [-0.05, 0) is 0 Å². The third-order valence-corrected chi connectivity index (χ3v) is 3.84. The van der Waals surface area contributed by atoms with Gasteiger partial charge in [0.25, 0.3) is 0 Å². The van der Waals surface area contributed by atoms with Crippen LogP contribution in [0.5, 0.6) is 0 Å². The van der Waals surface area contributed by atoms with Crippen LogP contribution in [-0.4, -0.2) is 61.4 Å². The Kier molecular flexibility index (Phi) is 4.23. The second kappa shape index (κ2) is 6.15. The lowest BCUT2D eigenvalue weighted by atomic mass is 9.94. The lowest BCUT2D eigenvalue weighted by molar-refractivity contribution is -0.232. The van der Waals surface area contributed by atoms with Crippen molar-refractivity contribution in [3.63, 3.8) is 0 Å². The quantitative estimate of drug-likeness (QED) is 0.526. The van der Waals surface area contributed by atoms with Crippen molar-refractivity contribution in [1.29, 1.82) is 0 Å². The summed E-state index contributed by atoms with van der Waals surface area (Å²) < 4.78 is 5.48. The van der Waals surface area contributed by atoms with E-state index >= 15 is 0 Å². The maximum absolute atomic E-state index is 10.1. The fourth-order valence-corrected chi connectivity index (χ4v) is 2.58. The molecule has 7 heteroatoms. The van der Waals surface area contributed by atoms with E-state index in [0.717, 1.165) is 5.56 Å². The van der Waals surface area contributed by atoms with Crippen LogP contribution in [0.4, 0.5) is 0 Å². The van der Waals surface area contributed by atoms with Gasteiger partial charge in [-0.2, -0.15) is 0 Å². The van der Waals surface area contributed by atoms with E-state index in [0.29, 0.717) is 11.5 Å². The predicted octanol–water partition coefficient (Wildman–Crippen LogP) is -0.408. The lowest BCUT2D eigenvalue weighted by Gasteiger charge is -2.39. The summed E-state index contributed by atoms with van der Waals surface area (Å²) in [4.78, 5) is 7.28. The summed E-state index contributed by atoms with van der Waals surface area (Å²) in [6.07, 6.45) is -4.42. The van der Waals surface area contributed by atoms with Crippen molar-refractivity contribution in [2.45, 2.75) is 30.5 Å². The first kappa shape index (κ1) is 15.1. The molecule has 1 aliphatic rings. The number of rotatable bonds is 3. The Morgan fingerprint density at radius 1 is 1.05 bits per heavy atom. The molecule has 1 fully saturated rings. The molecule has 1 aromatic carbocycles. The number of aliphatic hydroxyl groups is 4. The summed E-state index contributed by atoms with van der Waals surface area (Å²) in [5, 5.41) is 38.9. The minimum Gasteiger partial charge on any atom is -0.394 e. The van der Waals surface area contributed by atoms with E-state index in [1.54, 1.807) is 0 Å². The van der Waals surface area contributed by atoms with Gasteiger partial charge in [-0.15, -0.1) is 0 Å². The summed E-state index contributed by atoms with van der Waals surface area (Å²) in [6.45, 7) is -0.457. The summed E-state index contributed by atoms with van der Waals surface area (Å²) in [7, 11) is 0. The minimum atomic E-state index is -1.40. The molecule has 5 atom stereocenters. The molecule has 0 unspecified atom stereocenters. The van der Waals surface area contributed by atoms with Gasteiger partial charge in [0.2, 0.25) is 0 Å². The van der Waals surface area contributed by atoms with E-state index in [1.165, 1.54) is 6.20 Å². The number of nitrogens with zero attached hydrogens (tertiary/aromatic N) is 1. The Hall–Kier alpha value is -1.77. The second-order valence-electron chi connectivity index (χ2n) is 5.30. The lowest BCUT2D eigenvalue weighted by Crippen LogP contribution is -2.55. The highest BCUT2D eigenvalue weighted by Crippen LogP contribution is 2.32. The standard InChI is InChI=1S/C15H18N2O5/c18-7-10-11(19)12(20)13(21)14(22-10)9-6-16-15(17-9)8-4-2-1-3-5-8/h1-6,10-14,18-21H,7H2,(H,16,17)/t10-,11-,12+,13-,14+/m1/s1. The maximum atomic E-state index is 10.1. The van der Waals surface area contributed by atoms with Crippen LogP contribution < -0.4 is 0 Å². The third-order valence-electron chi connectivity index (χ3n) is 3.84. The Balaban J connectivity index is 1.86. The average Bonchev–Trinajstić information content (AvgIpc) is 3.04. The van der Waals surface area contributed by atoms with Crippen molar-refractivity contribution in [2.24, 2.45) is 0 Å². The number of hydrogen-bond acceptors (Lipinski definition) is 6. The van der Waals surface area contributed by atoms with E-state index < -0.39 is 37.1 Å². The first-order chi connectivity index (χ1) is 10.6. The molecule has 0 spiro atoms. The summed E-state index contributed by atoms with van der Waals surface area (Å²) >= 11 is 0. The fourth-order valence-electron chi connectivity index (χ4n) is 2.58. The zero-order valence-corrected chi connectivity index (χ0v) is 11.7. The van der Waals surface area contributed by atoms with Crippen LogP contribution in [0.15, 0.2) is 36.5 Å². The number of ether oxygens (including phenoxy) is 1. The van der Waals surface area contributed by atoms with E-state index in [9.17, 15) is 20.4 Å². The predicted molar refractivity (Wildman–Crippen MR) is 76.7 cm³/mol. The molecule has 2 aromatic rings. The molecule has 5 N–H and O–H groups in total. The van der Waals surface area contributed by atoms with Gasteiger partial charge in [0.15, 0.2) is 0 Å². The fraction of sp³-hybridized carbons (Fsp3) is 0.400. The van der Waals surface area contributed by atoms with Gasteiger partial charge in [-0.25, -0.2) is 4.98 Å². The van der Waals surface area contributed by atoms with Gasteiger partial charge in [0, 0.05) is 5.56 Å². The molecule has 7 nitrogen and oxygen atoms in total. The van der Waals surface area contributed by atoms with Gasteiger partial charge in [0.1, 0.15) is 36.3 Å². The second-order valence-corrected chi connectivity index (χ2v) is 5.30. The van der Waals surface area contributed by atoms with Crippen molar-refractivity contribution in [3.05, 3.63) is 42.2 Å². The molecule has 0 radical (unpaired) electrons. The molecule has 0 saturated carbocycles. The zero-order valence-electron chi connectivity index (χ0n) is 11.7. The van der Waals surface area contributed by atoms with Gasteiger partial charge < -0.3 is 30.1 Å². The van der Waals surface area contributed by atoms with Crippen molar-refractivity contribution < 1.29 is 25.2 Å². The number of hydrogen-bond donors (Lipinski definition) is 5. The molecule has 0 bridgehead atoms. The molecular weight excluding hydrogens is 288 g/mol. The molecular formula is C15H18N2O5. The highest BCUT2D eigenvalue weighted by atomic mass is 16.5. The van der Waals surface area contributed by atoms with Crippen LogP contribution >= 0.6 is 0 Å². The number of benzene rings is 1. The van der Waals surface area contributed by atoms with E-state index in [4.69, 9.17) is 4.74 Å².